The van der Waals surface area contributed by atoms with Crippen molar-refractivity contribution in [2.24, 2.45) is 5.92 Å². The molecule has 0 fully saturated rings. The van der Waals surface area contributed by atoms with Crippen molar-refractivity contribution >= 4 is 18.0 Å². The number of nitrogens with one attached hydrogen (secondary N) is 1. The van der Waals surface area contributed by atoms with Gasteiger partial charge in [-0.3, -0.25) is 0 Å². The number of furan rings is 1. The Morgan fingerprint density at radius 2 is 1.68 bits per heavy atom. The van der Waals surface area contributed by atoms with Gasteiger partial charge < -0.3 is 19.2 Å². The van der Waals surface area contributed by atoms with Crippen molar-refractivity contribution in [1.82, 2.24) is 5.32 Å². The van der Waals surface area contributed by atoms with Gasteiger partial charge in [-0.05, 0) is 32.1 Å². The van der Waals surface area contributed by atoms with Crippen LogP contribution in [-0.2, 0) is 19.1 Å². The van der Waals surface area contributed by atoms with Crippen LogP contribution >= 0.6 is 0 Å². The molecule has 132 valence electrons. The Bertz CT molecular complexity index is 728. The minimum atomic E-state index is -0.567. The summed E-state index contributed by atoms with van der Waals surface area (Å²) in [5.74, 6) is -0.857. The number of esters is 2. The molecule has 0 radical (unpaired) electrons. The second-order valence-corrected chi connectivity index (χ2v) is 5.42. The van der Waals surface area contributed by atoms with Crippen molar-refractivity contribution < 1.29 is 23.5 Å². The van der Waals surface area contributed by atoms with Crippen LogP contribution in [0.3, 0.4) is 0 Å². The van der Waals surface area contributed by atoms with Gasteiger partial charge in [0.2, 0.25) is 0 Å². The SMILES string of the molecule is COC(=O)C1=C(C)NC(C)=C(C(=O)OC)C1/C=C/C=C/c1ccco1. The Morgan fingerprint density at radius 3 is 2.16 bits per heavy atom. The lowest BCUT2D eigenvalue weighted by molar-refractivity contribution is -0.137. The van der Waals surface area contributed by atoms with Crippen LogP contribution in [0.1, 0.15) is 19.6 Å². The first kappa shape index (κ1) is 18.3. The van der Waals surface area contributed by atoms with Crippen molar-refractivity contribution in [3.63, 3.8) is 0 Å². The molecule has 0 amide bonds. The highest BCUT2D eigenvalue weighted by molar-refractivity contribution is 5.98. The minimum absolute atomic E-state index is 0.371. The Kier molecular flexibility index (Phi) is 6.00. The number of ether oxygens (including phenoxy) is 2. The lowest BCUT2D eigenvalue weighted by atomic mass is 9.85. The van der Waals surface area contributed by atoms with Crippen LogP contribution in [0.15, 0.2) is 63.6 Å². The van der Waals surface area contributed by atoms with E-state index in [1.807, 2.05) is 6.07 Å². The summed E-state index contributed by atoms with van der Waals surface area (Å²) in [6.45, 7) is 3.53. The lowest BCUT2D eigenvalue weighted by Gasteiger charge is -2.27. The van der Waals surface area contributed by atoms with Crippen LogP contribution in [0.4, 0.5) is 0 Å². The molecule has 1 N–H and O–H groups in total. The summed E-state index contributed by atoms with van der Waals surface area (Å²) < 4.78 is 15.0. The molecule has 1 aliphatic heterocycles. The highest BCUT2D eigenvalue weighted by atomic mass is 16.5. The third kappa shape index (κ3) is 4.09. The van der Waals surface area contributed by atoms with Gasteiger partial charge in [0.1, 0.15) is 5.76 Å². The van der Waals surface area contributed by atoms with Gasteiger partial charge in [-0.15, -0.1) is 0 Å². The molecule has 0 atom stereocenters. The molecule has 0 unspecified atom stereocenters. The Labute approximate surface area is 146 Å². The van der Waals surface area contributed by atoms with Gasteiger partial charge >= 0.3 is 11.9 Å². The smallest absolute Gasteiger partial charge is 0.336 e. The summed E-state index contributed by atoms with van der Waals surface area (Å²) in [7, 11) is 2.62. The van der Waals surface area contributed by atoms with E-state index < -0.39 is 17.9 Å². The topological polar surface area (TPSA) is 77.8 Å². The predicted molar refractivity (Wildman–Crippen MR) is 92.9 cm³/mol. The number of rotatable bonds is 5. The zero-order chi connectivity index (χ0) is 18.4. The predicted octanol–water partition coefficient (Wildman–Crippen LogP) is 2.96. The number of methoxy groups -OCH3 is 2. The van der Waals surface area contributed by atoms with Crippen LogP contribution in [0.2, 0.25) is 0 Å². The van der Waals surface area contributed by atoms with E-state index in [0.29, 0.717) is 28.3 Å². The van der Waals surface area contributed by atoms with E-state index >= 15 is 0 Å². The monoisotopic (exact) mass is 343 g/mol. The average Bonchev–Trinajstić information content (AvgIpc) is 3.10. The molecule has 0 saturated carbocycles. The van der Waals surface area contributed by atoms with Crippen molar-refractivity contribution in [2.75, 3.05) is 14.2 Å². The lowest BCUT2D eigenvalue weighted by Crippen LogP contribution is -2.32. The summed E-state index contributed by atoms with van der Waals surface area (Å²) in [5, 5.41) is 3.04. The van der Waals surface area contributed by atoms with Gasteiger partial charge in [0, 0.05) is 17.3 Å². The average molecular weight is 343 g/mol. The summed E-state index contributed by atoms with van der Waals surface area (Å²) in [6.07, 6.45) is 8.64. The zero-order valence-electron chi connectivity index (χ0n) is 14.7. The molecular weight excluding hydrogens is 322 g/mol. The first-order valence-corrected chi connectivity index (χ1v) is 7.73. The number of hydrogen-bond donors (Lipinski definition) is 1. The molecule has 0 saturated heterocycles. The standard InChI is InChI=1S/C19H21NO5/c1-12-16(18(21)23-3)15(17(13(2)20-12)19(22)24-4)10-6-5-8-14-9-7-11-25-14/h5-11,15,20H,1-4H3/b8-5+,10-6+. The van der Waals surface area contributed by atoms with E-state index in [4.69, 9.17) is 13.9 Å². The molecule has 2 heterocycles. The normalized spacial score (nSPS) is 15.8. The highest BCUT2D eigenvalue weighted by Crippen LogP contribution is 2.32. The molecule has 6 heteroatoms. The fraction of sp³-hybridized carbons (Fsp3) is 0.263. The van der Waals surface area contributed by atoms with Gasteiger partial charge in [-0.2, -0.15) is 0 Å². The summed E-state index contributed by atoms with van der Waals surface area (Å²) in [5.41, 5.74) is 2.02. The second kappa shape index (κ2) is 8.19. The van der Waals surface area contributed by atoms with E-state index in [1.165, 1.54) is 14.2 Å². The van der Waals surface area contributed by atoms with E-state index in [1.54, 1.807) is 50.5 Å². The zero-order valence-corrected chi connectivity index (χ0v) is 14.7. The van der Waals surface area contributed by atoms with Crippen molar-refractivity contribution in [2.45, 2.75) is 13.8 Å². The van der Waals surface area contributed by atoms with Crippen LogP contribution < -0.4 is 5.32 Å². The minimum Gasteiger partial charge on any atom is -0.466 e. The summed E-state index contributed by atoms with van der Waals surface area (Å²) in [4.78, 5) is 24.4. The maximum absolute atomic E-state index is 12.2. The molecular formula is C19H21NO5. The van der Waals surface area contributed by atoms with E-state index in [2.05, 4.69) is 5.32 Å². The number of carbonyl (C=O) groups is 2. The van der Waals surface area contributed by atoms with Gasteiger partial charge in [0.25, 0.3) is 0 Å². The molecule has 0 aromatic carbocycles. The fourth-order valence-corrected chi connectivity index (χ4v) is 2.71. The third-order valence-electron chi connectivity index (χ3n) is 3.83. The van der Waals surface area contributed by atoms with Gasteiger partial charge in [-0.25, -0.2) is 9.59 Å². The number of allylic oxidation sites excluding steroid dienone is 5. The Balaban J connectivity index is 2.38. The summed E-state index contributed by atoms with van der Waals surface area (Å²) >= 11 is 0. The molecule has 0 aliphatic carbocycles. The Morgan fingerprint density at radius 1 is 1.08 bits per heavy atom. The van der Waals surface area contributed by atoms with Gasteiger partial charge in [0.15, 0.2) is 0 Å². The largest absolute Gasteiger partial charge is 0.466 e. The molecule has 6 nitrogen and oxygen atoms in total. The number of carbonyl (C=O) groups excluding carboxylic acids is 2. The molecule has 1 aromatic rings. The number of dihydropyridines is 1. The first-order chi connectivity index (χ1) is 12.0. The number of hydrogen-bond acceptors (Lipinski definition) is 6. The van der Waals surface area contributed by atoms with Crippen LogP contribution in [0.5, 0.6) is 0 Å². The summed E-state index contributed by atoms with van der Waals surface area (Å²) in [6, 6.07) is 3.61. The van der Waals surface area contributed by atoms with E-state index in [-0.39, 0.29) is 0 Å². The van der Waals surface area contributed by atoms with Gasteiger partial charge in [-0.1, -0.05) is 18.2 Å². The van der Waals surface area contributed by atoms with Crippen LogP contribution in [0.25, 0.3) is 6.08 Å². The third-order valence-corrected chi connectivity index (χ3v) is 3.83. The van der Waals surface area contributed by atoms with Crippen molar-refractivity contribution in [3.05, 3.63) is 64.9 Å². The maximum Gasteiger partial charge on any atom is 0.336 e. The van der Waals surface area contributed by atoms with Crippen LogP contribution in [0, 0.1) is 5.92 Å². The Hall–Kier alpha value is -3.02. The van der Waals surface area contributed by atoms with Crippen LogP contribution in [-0.4, -0.2) is 26.2 Å². The van der Waals surface area contributed by atoms with E-state index in [9.17, 15) is 9.59 Å². The van der Waals surface area contributed by atoms with E-state index in [0.717, 1.165) is 0 Å². The maximum atomic E-state index is 12.2. The molecule has 2 rings (SSSR count). The van der Waals surface area contributed by atoms with Crippen molar-refractivity contribution in [1.29, 1.82) is 0 Å². The molecule has 1 aliphatic rings. The molecule has 0 bridgehead atoms. The van der Waals surface area contributed by atoms with Gasteiger partial charge in [0.05, 0.1) is 31.6 Å². The first-order valence-electron chi connectivity index (χ1n) is 7.73. The van der Waals surface area contributed by atoms with Crippen molar-refractivity contribution in [3.8, 4) is 0 Å². The molecule has 0 spiro atoms. The quantitative estimate of drug-likeness (QED) is 0.654. The molecule has 25 heavy (non-hydrogen) atoms. The molecule has 1 aromatic heterocycles. The highest BCUT2D eigenvalue weighted by Gasteiger charge is 2.34. The fourth-order valence-electron chi connectivity index (χ4n) is 2.71. The second-order valence-electron chi connectivity index (χ2n) is 5.42.